The summed E-state index contributed by atoms with van der Waals surface area (Å²) < 4.78 is 6.51. The van der Waals surface area contributed by atoms with Gasteiger partial charge in [-0.15, -0.1) is 0 Å². The summed E-state index contributed by atoms with van der Waals surface area (Å²) >= 11 is 5.89. The maximum Gasteiger partial charge on any atom is 0.262 e. The van der Waals surface area contributed by atoms with Crippen LogP contribution < -0.4 is 5.56 Å². The zero-order valence-corrected chi connectivity index (χ0v) is 12.1. The third-order valence-electron chi connectivity index (χ3n) is 3.19. The van der Waals surface area contributed by atoms with Gasteiger partial charge in [0.1, 0.15) is 10.8 Å². The third kappa shape index (κ3) is 2.68. The van der Waals surface area contributed by atoms with Gasteiger partial charge in [0.2, 0.25) is 0 Å². The lowest BCUT2D eigenvalue weighted by molar-refractivity contribution is 0.186. The maximum atomic E-state index is 12.4. The van der Waals surface area contributed by atoms with Crippen molar-refractivity contribution in [1.29, 1.82) is 0 Å². The van der Waals surface area contributed by atoms with E-state index in [1.165, 1.54) is 10.9 Å². The SMILES string of the molecule is COCCn1cnc2[nH]c(-c3ccnc(Cl)c3)cc2c1=O. The first-order valence-corrected chi connectivity index (χ1v) is 6.76. The van der Waals surface area contributed by atoms with Crippen LogP contribution in [0.3, 0.4) is 0 Å². The number of methoxy groups -OCH3 is 1. The summed E-state index contributed by atoms with van der Waals surface area (Å²) in [6.45, 7) is 0.935. The molecule has 0 saturated heterocycles. The Morgan fingerprint density at radius 1 is 1.38 bits per heavy atom. The van der Waals surface area contributed by atoms with E-state index in [2.05, 4.69) is 15.0 Å². The van der Waals surface area contributed by atoms with E-state index in [9.17, 15) is 4.79 Å². The van der Waals surface area contributed by atoms with Gasteiger partial charge in [-0.05, 0) is 18.2 Å². The first-order valence-electron chi connectivity index (χ1n) is 6.38. The second kappa shape index (κ2) is 5.67. The van der Waals surface area contributed by atoms with E-state index in [-0.39, 0.29) is 5.56 Å². The minimum atomic E-state index is -0.0975. The van der Waals surface area contributed by atoms with Crippen molar-refractivity contribution in [2.24, 2.45) is 0 Å². The average molecular weight is 305 g/mol. The summed E-state index contributed by atoms with van der Waals surface area (Å²) in [7, 11) is 1.60. The Balaban J connectivity index is 2.08. The van der Waals surface area contributed by atoms with E-state index in [1.807, 2.05) is 6.07 Å². The molecule has 108 valence electrons. The number of hydrogen-bond acceptors (Lipinski definition) is 4. The number of fused-ring (bicyclic) bond motifs is 1. The summed E-state index contributed by atoms with van der Waals surface area (Å²) in [6.07, 6.45) is 3.14. The number of rotatable bonds is 4. The van der Waals surface area contributed by atoms with Crippen LogP contribution >= 0.6 is 11.6 Å². The van der Waals surface area contributed by atoms with Crippen LogP contribution in [0.25, 0.3) is 22.3 Å². The molecular formula is C14H13ClN4O2. The van der Waals surface area contributed by atoms with Gasteiger partial charge in [-0.25, -0.2) is 9.97 Å². The topological polar surface area (TPSA) is 72.8 Å². The van der Waals surface area contributed by atoms with Gasteiger partial charge in [0, 0.05) is 24.6 Å². The van der Waals surface area contributed by atoms with Gasteiger partial charge in [0.05, 0.1) is 24.9 Å². The normalized spacial score (nSPS) is 11.1. The monoisotopic (exact) mass is 304 g/mol. The van der Waals surface area contributed by atoms with Gasteiger partial charge >= 0.3 is 0 Å². The minimum absolute atomic E-state index is 0.0975. The molecule has 7 heteroatoms. The molecule has 0 aromatic carbocycles. The second-order valence-corrected chi connectivity index (χ2v) is 4.94. The summed E-state index contributed by atoms with van der Waals surface area (Å²) in [4.78, 5) is 23.7. The highest BCUT2D eigenvalue weighted by Gasteiger charge is 2.10. The minimum Gasteiger partial charge on any atom is -0.383 e. The summed E-state index contributed by atoms with van der Waals surface area (Å²) in [5, 5.41) is 0.938. The molecule has 0 atom stereocenters. The number of H-pyrrole nitrogens is 1. The van der Waals surface area contributed by atoms with Crippen molar-refractivity contribution in [2.45, 2.75) is 6.54 Å². The van der Waals surface area contributed by atoms with E-state index < -0.39 is 0 Å². The quantitative estimate of drug-likeness (QED) is 0.749. The number of ether oxygens (including phenoxy) is 1. The number of nitrogens with zero attached hydrogens (tertiary/aromatic N) is 3. The molecule has 6 nitrogen and oxygen atoms in total. The standard InChI is InChI=1S/C14H13ClN4O2/c1-21-5-4-19-8-17-13-10(14(19)20)7-11(18-13)9-2-3-16-12(15)6-9/h2-3,6-8,18H,4-5H2,1H3. The van der Waals surface area contributed by atoms with Crippen LogP contribution in [0.5, 0.6) is 0 Å². The zero-order valence-electron chi connectivity index (χ0n) is 11.3. The Morgan fingerprint density at radius 3 is 3.00 bits per heavy atom. The highest BCUT2D eigenvalue weighted by Crippen LogP contribution is 2.22. The summed E-state index contributed by atoms with van der Waals surface area (Å²) in [5.41, 5.74) is 2.09. The van der Waals surface area contributed by atoms with Crippen molar-refractivity contribution in [1.82, 2.24) is 19.5 Å². The first-order chi connectivity index (χ1) is 10.2. The van der Waals surface area contributed by atoms with E-state index in [4.69, 9.17) is 16.3 Å². The van der Waals surface area contributed by atoms with Crippen molar-refractivity contribution >= 4 is 22.6 Å². The Bertz CT molecular complexity index is 840. The van der Waals surface area contributed by atoms with Crippen molar-refractivity contribution in [3.05, 3.63) is 46.2 Å². The molecule has 3 aromatic rings. The fourth-order valence-corrected chi connectivity index (χ4v) is 2.29. The molecule has 1 N–H and O–H groups in total. The molecule has 0 saturated carbocycles. The van der Waals surface area contributed by atoms with Crippen LogP contribution in [0.1, 0.15) is 0 Å². The maximum absolute atomic E-state index is 12.4. The lowest BCUT2D eigenvalue weighted by Crippen LogP contribution is -2.22. The number of halogens is 1. The Hall–Kier alpha value is -2.18. The number of hydrogen-bond donors (Lipinski definition) is 1. The predicted octanol–water partition coefficient (Wildman–Crippen LogP) is 2.09. The van der Waals surface area contributed by atoms with Crippen LogP contribution in [0.15, 0.2) is 35.5 Å². The number of aromatic amines is 1. The Labute approximate surface area is 125 Å². The van der Waals surface area contributed by atoms with Gasteiger partial charge < -0.3 is 9.72 Å². The highest BCUT2D eigenvalue weighted by atomic mass is 35.5. The molecule has 0 bridgehead atoms. The summed E-state index contributed by atoms with van der Waals surface area (Å²) in [6, 6.07) is 5.33. The molecule has 0 aliphatic carbocycles. The highest BCUT2D eigenvalue weighted by molar-refractivity contribution is 6.29. The van der Waals surface area contributed by atoms with Crippen LogP contribution in [-0.4, -0.2) is 33.2 Å². The van der Waals surface area contributed by atoms with Crippen molar-refractivity contribution < 1.29 is 4.74 Å². The molecule has 0 aliphatic rings. The second-order valence-electron chi connectivity index (χ2n) is 4.55. The molecule has 0 fully saturated rings. The van der Waals surface area contributed by atoms with E-state index in [1.54, 1.807) is 25.4 Å². The van der Waals surface area contributed by atoms with Crippen LogP contribution in [0, 0.1) is 0 Å². The molecule has 0 amide bonds. The molecule has 0 spiro atoms. The van der Waals surface area contributed by atoms with Gasteiger partial charge in [0.25, 0.3) is 5.56 Å². The lowest BCUT2D eigenvalue weighted by Gasteiger charge is -2.03. The molecule has 3 heterocycles. The molecule has 0 radical (unpaired) electrons. The first kappa shape index (κ1) is 13.8. The van der Waals surface area contributed by atoms with Crippen molar-refractivity contribution in [2.75, 3.05) is 13.7 Å². The van der Waals surface area contributed by atoms with Gasteiger partial charge in [0.15, 0.2) is 0 Å². The molecule has 0 unspecified atom stereocenters. The van der Waals surface area contributed by atoms with E-state index in [0.717, 1.165) is 11.3 Å². The van der Waals surface area contributed by atoms with Gasteiger partial charge in [-0.3, -0.25) is 9.36 Å². The fraction of sp³-hybridized carbons (Fsp3) is 0.214. The average Bonchev–Trinajstić information content (AvgIpc) is 2.92. The smallest absolute Gasteiger partial charge is 0.262 e. The Kier molecular flexibility index (Phi) is 3.72. The van der Waals surface area contributed by atoms with Crippen molar-refractivity contribution in [3.63, 3.8) is 0 Å². The largest absolute Gasteiger partial charge is 0.383 e. The molecular weight excluding hydrogens is 292 g/mol. The number of pyridine rings is 1. The number of aromatic nitrogens is 4. The van der Waals surface area contributed by atoms with E-state index >= 15 is 0 Å². The number of nitrogens with one attached hydrogen (secondary N) is 1. The van der Waals surface area contributed by atoms with Gasteiger partial charge in [-0.1, -0.05) is 11.6 Å². The Morgan fingerprint density at radius 2 is 2.24 bits per heavy atom. The molecule has 0 aliphatic heterocycles. The van der Waals surface area contributed by atoms with Gasteiger partial charge in [-0.2, -0.15) is 0 Å². The fourth-order valence-electron chi connectivity index (χ4n) is 2.12. The molecule has 3 rings (SSSR count). The van der Waals surface area contributed by atoms with Crippen molar-refractivity contribution in [3.8, 4) is 11.3 Å². The van der Waals surface area contributed by atoms with E-state index in [0.29, 0.717) is 29.3 Å². The molecule has 3 aromatic heterocycles. The van der Waals surface area contributed by atoms with Crippen LogP contribution in [0.2, 0.25) is 5.15 Å². The zero-order chi connectivity index (χ0) is 14.8. The summed E-state index contributed by atoms with van der Waals surface area (Å²) in [5.74, 6) is 0. The lowest BCUT2D eigenvalue weighted by atomic mass is 10.2. The predicted molar refractivity (Wildman–Crippen MR) is 80.5 cm³/mol. The molecule has 21 heavy (non-hydrogen) atoms. The third-order valence-corrected chi connectivity index (χ3v) is 3.39. The van der Waals surface area contributed by atoms with Crippen LogP contribution in [0.4, 0.5) is 0 Å². The van der Waals surface area contributed by atoms with Crippen LogP contribution in [-0.2, 0) is 11.3 Å².